The highest BCUT2D eigenvalue weighted by Crippen LogP contribution is 2.29. The molecule has 120 valence electrons. The molecule has 0 saturated heterocycles. The van der Waals surface area contributed by atoms with Crippen LogP contribution in [0.3, 0.4) is 0 Å². The van der Waals surface area contributed by atoms with Crippen molar-refractivity contribution in [1.29, 1.82) is 0 Å². The Balaban J connectivity index is 1.65. The Morgan fingerprint density at radius 2 is 1.96 bits per heavy atom. The van der Waals surface area contributed by atoms with Crippen LogP contribution in [0.5, 0.6) is 5.75 Å². The van der Waals surface area contributed by atoms with Crippen LogP contribution < -0.4 is 4.74 Å². The highest BCUT2D eigenvalue weighted by molar-refractivity contribution is 5.93. The molecule has 1 aliphatic rings. The van der Waals surface area contributed by atoms with Gasteiger partial charge in [-0.3, -0.25) is 9.78 Å². The first kappa shape index (κ1) is 14.5. The largest absolute Gasteiger partial charge is 0.491 e. The van der Waals surface area contributed by atoms with E-state index in [2.05, 4.69) is 11.1 Å². The van der Waals surface area contributed by atoms with Crippen molar-refractivity contribution in [2.24, 2.45) is 0 Å². The van der Waals surface area contributed by atoms with E-state index in [-0.39, 0.29) is 5.91 Å². The third kappa shape index (κ3) is 2.76. The van der Waals surface area contributed by atoms with E-state index < -0.39 is 0 Å². The van der Waals surface area contributed by atoms with Crippen LogP contribution in [-0.2, 0) is 6.54 Å². The number of hydrogen-bond donors (Lipinski definition) is 0. The van der Waals surface area contributed by atoms with E-state index in [1.807, 2.05) is 24.3 Å². The molecule has 0 unspecified atom stereocenters. The van der Waals surface area contributed by atoms with Crippen LogP contribution in [0.4, 0.5) is 0 Å². The lowest BCUT2D eigenvalue weighted by Gasteiger charge is -2.19. The Morgan fingerprint density at radius 3 is 2.75 bits per heavy atom. The Kier molecular flexibility index (Phi) is 3.75. The van der Waals surface area contributed by atoms with Crippen LogP contribution in [0, 0.1) is 0 Å². The quantitative estimate of drug-likeness (QED) is 0.726. The van der Waals surface area contributed by atoms with E-state index in [0.29, 0.717) is 25.3 Å². The van der Waals surface area contributed by atoms with Crippen molar-refractivity contribution in [1.82, 2.24) is 9.88 Å². The normalized spacial score (nSPS) is 13.8. The molecule has 1 aromatic carbocycles. The van der Waals surface area contributed by atoms with Crippen molar-refractivity contribution in [3.8, 4) is 16.9 Å². The number of aromatic nitrogens is 1. The van der Waals surface area contributed by atoms with Gasteiger partial charge in [-0.2, -0.15) is 0 Å². The number of furan rings is 1. The maximum atomic E-state index is 12.6. The van der Waals surface area contributed by atoms with Gasteiger partial charge in [-0.15, -0.1) is 0 Å². The molecule has 0 aliphatic carbocycles. The molecule has 5 nitrogen and oxygen atoms in total. The lowest BCUT2D eigenvalue weighted by atomic mass is 10.0. The SMILES string of the molecule is O=C(c1ccoc1)N1CCOc2ccc(-c3ccncc3)cc2C1. The second-order valence-electron chi connectivity index (χ2n) is 5.65. The number of fused-ring (bicyclic) bond motifs is 1. The number of carbonyl (C=O) groups excluding carboxylic acids is 1. The number of nitrogens with zero attached hydrogens (tertiary/aromatic N) is 2. The average molecular weight is 320 g/mol. The summed E-state index contributed by atoms with van der Waals surface area (Å²) >= 11 is 0. The van der Waals surface area contributed by atoms with Gasteiger partial charge in [0, 0.05) is 24.5 Å². The molecule has 0 radical (unpaired) electrons. The van der Waals surface area contributed by atoms with E-state index in [1.54, 1.807) is 23.4 Å². The first-order valence-electron chi connectivity index (χ1n) is 7.79. The maximum Gasteiger partial charge on any atom is 0.257 e. The summed E-state index contributed by atoms with van der Waals surface area (Å²) in [6.07, 6.45) is 6.53. The Labute approximate surface area is 139 Å². The predicted octanol–water partition coefficient (Wildman–Crippen LogP) is 3.38. The Bertz CT molecular complexity index is 844. The number of carbonyl (C=O) groups is 1. The molecule has 24 heavy (non-hydrogen) atoms. The molecule has 0 fully saturated rings. The average Bonchev–Trinajstić information content (AvgIpc) is 3.08. The molecule has 0 bridgehead atoms. The third-order valence-electron chi connectivity index (χ3n) is 4.11. The van der Waals surface area contributed by atoms with Crippen LogP contribution >= 0.6 is 0 Å². The summed E-state index contributed by atoms with van der Waals surface area (Å²) in [4.78, 5) is 18.4. The number of rotatable bonds is 2. The molecule has 1 amide bonds. The van der Waals surface area contributed by atoms with Crippen LogP contribution in [0.15, 0.2) is 65.7 Å². The molecule has 5 heteroatoms. The van der Waals surface area contributed by atoms with Gasteiger partial charge in [0.05, 0.1) is 18.4 Å². The molecule has 3 aromatic rings. The summed E-state index contributed by atoms with van der Waals surface area (Å²) in [5, 5.41) is 0. The fourth-order valence-corrected chi connectivity index (χ4v) is 2.86. The molecule has 4 rings (SSSR count). The van der Waals surface area contributed by atoms with Crippen molar-refractivity contribution < 1.29 is 13.9 Å². The second-order valence-corrected chi connectivity index (χ2v) is 5.65. The summed E-state index contributed by atoms with van der Waals surface area (Å²) in [7, 11) is 0. The lowest BCUT2D eigenvalue weighted by Crippen LogP contribution is -2.32. The van der Waals surface area contributed by atoms with Gasteiger partial charge in [0.2, 0.25) is 0 Å². The summed E-state index contributed by atoms with van der Waals surface area (Å²) in [6, 6.07) is 11.7. The van der Waals surface area contributed by atoms with Crippen LogP contribution in [-0.4, -0.2) is 28.9 Å². The summed E-state index contributed by atoms with van der Waals surface area (Å²) in [6.45, 7) is 1.53. The summed E-state index contributed by atoms with van der Waals surface area (Å²) < 4.78 is 10.8. The highest BCUT2D eigenvalue weighted by atomic mass is 16.5. The Hall–Kier alpha value is -3.08. The van der Waals surface area contributed by atoms with Crippen LogP contribution in [0.2, 0.25) is 0 Å². The van der Waals surface area contributed by atoms with Gasteiger partial charge < -0.3 is 14.1 Å². The molecule has 0 saturated carbocycles. The van der Waals surface area contributed by atoms with Gasteiger partial charge >= 0.3 is 0 Å². The standard InChI is InChI=1S/C19H16N2O3/c22-19(16-5-9-23-13-16)21-8-10-24-18-2-1-15(11-17(18)12-21)14-3-6-20-7-4-14/h1-7,9,11,13H,8,10,12H2. The first-order chi connectivity index (χ1) is 11.8. The summed E-state index contributed by atoms with van der Waals surface area (Å²) in [5.74, 6) is 0.782. The smallest absolute Gasteiger partial charge is 0.257 e. The van der Waals surface area contributed by atoms with Gasteiger partial charge in [-0.25, -0.2) is 0 Å². The van der Waals surface area contributed by atoms with Gasteiger partial charge in [-0.1, -0.05) is 6.07 Å². The van der Waals surface area contributed by atoms with Crippen LogP contribution in [0.1, 0.15) is 15.9 Å². The molecule has 0 N–H and O–H groups in total. The van der Waals surface area contributed by atoms with Crippen molar-refractivity contribution in [2.45, 2.75) is 6.54 Å². The highest BCUT2D eigenvalue weighted by Gasteiger charge is 2.22. The van der Waals surface area contributed by atoms with E-state index in [9.17, 15) is 4.79 Å². The van der Waals surface area contributed by atoms with Crippen LogP contribution in [0.25, 0.3) is 11.1 Å². The van der Waals surface area contributed by atoms with Gasteiger partial charge in [0.25, 0.3) is 5.91 Å². The van der Waals surface area contributed by atoms with E-state index in [1.165, 1.54) is 12.5 Å². The second kappa shape index (κ2) is 6.20. The third-order valence-corrected chi connectivity index (χ3v) is 4.11. The number of benzene rings is 1. The van der Waals surface area contributed by atoms with Gasteiger partial charge in [0.15, 0.2) is 0 Å². The van der Waals surface area contributed by atoms with Gasteiger partial charge in [0.1, 0.15) is 18.6 Å². The monoisotopic (exact) mass is 320 g/mol. The minimum Gasteiger partial charge on any atom is -0.491 e. The van der Waals surface area contributed by atoms with Crippen molar-refractivity contribution in [3.05, 3.63) is 72.4 Å². The fourth-order valence-electron chi connectivity index (χ4n) is 2.86. The van der Waals surface area contributed by atoms with E-state index in [4.69, 9.17) is 9.15 Å². The topological polar surface area (TPSA) is 55.6 Å². The molecular weight excluding hydrogens is 304 g/mol. The maximum absolute atomic E-state index is 12.6. The van der Waals surface area contributed by atoms with Crippen molar-refractivity contribution in [2.75, 3.05) is 13.2 Å². The number of ether oxygens (including phenoxy) is 1. The molecule has 1 aliphatic heterocycles. The molecule has 0 spiro atoms. The zero-order valence-corrected chi connectivity index (χ0v) is 13.0. The molecule has 0 atom stereocenters. The fraction of sp³-hybridized carbons (Fsp3) is 0.158. The van der Waals surface area contributed by atoms with Gasteiger partial charge in [-0.05, 0) is 41.5 Å². The number of amides is 1. The van der Waals surface area contributed by atoms with Crippen molar-refractivity contribution in [3.63, 3.8) is 0 Å². The minimum absolute atomic E-state index is 0.0467. The first-order valence-corrected chi connectivity index (χ1v) is 7.79. The molecule has 3 heterocycles. The van der Waals surface area contributed by atoms with Crippen molar-refractivity contribution >= 4 is 5.91 Å². The summed E-state index contributed by atoms with van der Waals surface area (Å²) in [5.41, 5.74) is 3.73. The zero-order chi connectivity index (χ0) is 16.4. The number of pyridine rings is 1. The lowest BCUT2D eigenvalue weighted by molar-refractivity contribution is 0.0732. The number of hydrogen-bond acceptors (Lipinski definition) is 4. The zero-order valence-electron chi connectivity index (χ0n) is 13.0. The predicted molar refractivity (Wildman–Crippen MR) is 88.6 cm³/mol. The van der Waals surface area contributed by atoms with E-state index in [0.717, 1.165) is 22.4 Å². The minimum atomic E-state index is -0.0467. The van der Waals surface area contributed by atoms with E-state index >= 15 is 0 Å². The molecule has 2 aromatic heterocycles. The molecular formula is C19H16N2O3. The Morgan fingerprint density at radius 1 is 1.08 bits per heavy atom.